The van der Waals surface area contributed by atoms with Gasteiger partial charge in [-0.05, 0) is 39.2 Å². The van der Waals surface area contributed by atoms with Gasteiger partial charge >= 0.3 is 0 Å². The van der Waals surface area contributed by atoms with E-state index >= 15 is 0 Å². The Balaban J connectivity index is 1.98. The summed E-state index contributed by atoms with van der Waals surface area (Å²) in [7, 11) is 0. The van der Waals surface area contributed by atoms with E-state index in [0.717, 1.165) is 38.9 Å². The third-order valence-corrected chi connectivity index (χ3v) is 3.97. The van der Waals surface area contributed by atoms with Crippen LogP contribution in [0.2, 0.25) is 0 Å². The van der Waals surface area contributed by atoms with Gasteiger partial charge in [0.25, 0.3) is 0 Å². The zero-order chi connectivity index (χ0) is 12.3. The summed E-state index contributed by atoms with van der Waals surface area (Å²) < 4.78 is 5.61. The second kappa shape index (κ2) is 5.36. The molecule has 4 nitrogen and oxygen atoms in total. The van der Waals surface area contributed by atoms with Crippen LogP contribution in [0, 0.1) is 0 Å². The molecule has 4 heteroatoms. The van der Waals surface area contributed by atoms with Crippen molar-refractivity contribution in [3.8, 4) is 0 Å². The van der Waals surface area contributed by atoms with Crippen molar-refractivity contribution in [1.82, 2.24) is 10.2 Å². The first-order valence-corrected chi connectivity index (χ1v) is 6.82. The van der Waals surface area contributed by atoms with E-state index in [1.165, 1.54) is 6.42 Å². The normalized spacial score (nSPS) is 34.7. The number of hydrogen-bond donors (Lipinski definition) is 1. The molecule has 0 radical (unpaired) electrons. The fourth-order valence-corrected chi connectivity index (χ4v) is 2.74. The molecule has 1 N–H and O–H groups in total. The van der Waals surface area contributed by atoms with E-state index in [9.17, 15) is 4.79 Å². The SMILES string of the molecule is CCC1CN(C(=O)C2(C)CCCCN2)CCO1. The van der Waals surface area contributed by atoms with Crippen molar-refractivity contribution < 1.29 is 9.53 Å². The summed E-state index contributed by atoms with van der Waals surface area (Å²) in [5.74, 6) is 0.263. The lowest BCUT2D eigenvalue weighted by atomic mass is 9.89. The van der Waals surface area contributed by atoms with Crippen molar-refractivity contribution in [2.75, 3.05) is 26.2 Å². The van der Waals surface area contributed by atoms with Gasteiger partial charge in [0.05, 0.1) is 18.2 Å². The Hall–Kier alpha value is -0.610. The van der Waals surface area contributed by atoms with Crippen LogP contribution in [0.3, 0.4) is 0 Å². The molecular weight excluding hydrogens is 216 g/mol. The minimum Gasteiger partial charge on any atom is -0.375 e. The maximum Gasteiger partial charge on any atom is 0.242 e. The molecule has 2 atom stereocenters. The van der Waals surface area contributed by atoms with E-state index in [-0.39, 0.29) is 17.6 Å². The molecule has 0 bridgehead atoms. The number of nitrogens with zero attached hydrogens (tertiary/aromatic N) is 1. The van der Waals surface area contributed by atoms with Gasteiger partial charge in [-0.1, -0.05) is 6.92 Å². The quantitative estimate of drug-likeness (QED) is 0.787. The van der Waals surface area contributed by atoms with Crippen molar-refractivity contribution in [2.45, 2.75) is 51.2 Å². The van der Waals surface area contributed by atoms with Crippen molar-refractivity contribution in [3.05, 3.63) is 0 Å². The largest absolute Gasteiger partial charge is 0.375 e. The summed E-state index contributed by atoms with van der Waals surface area (Å²) >= 11 is 0. The summed E-state index contributed by atoms with van der Waals surface area (Å²) in [5.41, 5.74) is -0.339. The first kappa shape index (κ1) is 12.8. The molecule has 2 aliphatic heterocycles. The minimum atomic E-state index is -0.339. The Morgan fingerprint density at radius 2 is 2.35 bits per heavy atom. The summed E-state index contributed by atoms with van der Waals surface area (Å²) in [6, 6.07) is 0. The van der Waals surface area contributed by atoms with Gasteiger partial charge < -0.3 is 15.0 Å². The van der Waals surface area contributed by atoms with Gasteiger partial charge in [0.1, 0.15) is 0 Å². The Bertz CT molecular complexity index is 275. The van der Waals surface area contributed by atoms with E-state index in [2.05, 4.69) is 12.2 Å². The number of hydrogen-bond acceptors (Lipinski definition) is 3. The maximum atomic E-state index is 12.5. The van der Waals surface area contributed by atoms with E-state index < -0.39 is 0 Å². The molecule has 1 amide bonds. The zero-order valence-electron chi connectivity index (χ0n) is 11.0. The van der Waals surface area contributed by atoms with Gasteiger partial charge in [0, 0.05) is 13.1 Å². The van der Waals surface area contributed by atoms with Crippen LogP contribution in [-0.2, 0) is 9.53 Å². The van der Waals surface area contributed by atoms with Crippen molar-refractivity contribution >= 4 is 5.91 Å². The minimum absolute atomic E-state index is 0.222. The van der Waals surface area contributed by atoms with Crippen LogP contribution in [0.15, 0.2) is 0 Å². The number of morpholine rings is 1. The molecule has 0 saturated carbocycles. The number of ether oxygens (including phenoxy) is 1. The van der Waals surface area contributed by atoms with Crippen LogP contribution in [0.4, 0.5) is 0 Å². The van der Waals surface area contributed by atoms with Crippen molar-refractivity contribution in [3.63, 3.8) is 0 Å². The smallest absolute Gasteiger partial charge is 0.242 e. The second-order valence-corrected chi connectivity index (χ2v) is 5.37. The first-order valence-electron chi connectivity index (χ1n) is 6.82. The van der Waals surface area contributed by atoms with Gasteiger partial charge in [-0.15, -0.1) is 0 Å². The molecule has 17 heavy (non-hydrogen) atoms. The van der Waals surface area contributed by atoms with E-state index in [1.54, 1.807) is 0 Å². The summed E-state index contributed by atoms with van der Waals surface area (Å²) in [4.78, 5) is 14.5. The monoisotopic (exact) mass is 240 g/mol. The topological polar surface area (TPSA) is 41.6 Å². The van der Waals surface area contributed by atoms with Crippen LogP contribution in [0.1, 0.15) is 39.5 Å². The number of piperidine rings is 1. The van der Waals surface area contributed by atoms with Gasteiger partial charge in [0.15, 0.2) is 0 Å². The van der Waals surface area contributed by atoms with Gasteiger partial charge in [-0.25, -0.2) is 0 Å². The lowest BCUT2D eigenvalue weighted by Gasteiger charge is -2.41. The highest BCUT2D eigenvalue weighted by Crippen LogP contribution is 2.22. The molecule has 0 aliphatic carbocycles. The molecule has 0 aromatic carbocycles. The van der Waals surface area contributed by atoms with Crippen LogP contribution < -0.4 is 5.32 Å². The molecule has 0 aromatic heterocycles. The molecule has 0 spiro atoms. The first-order chi connectivity index (χ1) is 8.15. The predicted molar refractivity (Wildman–Crippen MR) is 66.9 cm³/mol. The maximum absolute atomic E-state index is 12.5. The molecular formula is C13H24N2O2. The number of carbonyl (C=O) groups is 1. The molecule has 2 saturated heterocycles. The standard InChI is InChI=1S/C13H24N2O2/c1-3-11-10-15(8-9-17-11)12(16)13(2)6-4-5-7-14-13/h11,14H,3-10H2,1-2H3. The fourth-order valence-electron chi connectivity index (χ4n) is 2.74. The van der Waals surface area contributed by atoms with Gasteiger partial charge in [-0.3, -0.25) is 4.79 Å². The summed E-state index contributed by atoms with van der Waals surface area (Å²) in [6.07, 6.45) is 4.49. The number of carbonyl (C=O) groups excluding carboxylic acids is 1. The summed E-state index contributed by atoms with van der Waals surface area (Å²) in [6.45, 7) is 7.30. The van der Waals surface area contributed by atoms with Gasteiger partial charge in [-0.2, -0.15) is 0 Å². The predicted octanol–water partition coefficient (Wildman–Crippen LogP) is 1.16. The highest BCUT2D eigenvalue weighted by molar-refractivity contribution is 5.86. The second-order valence-electron chi connectivity index (χ2n) is 5.37. The third kappa shape index (κ3) is 2.80. The molecule has 2 heterocycles. The van der Waals surface area contributed by atoms with E-state index in [1.807, 2.05) is 11.8 Å². The van der Waals surface area contributed by atoms with Crippen LogP contribution >= 0.6 is 0 Å². The van der Waals surface area contributed by atoms with E-state index in [0.29, 0.717) is 6.61 Å². The average molecular weight is 240 g/mol. The van der Waals surface area contributed by atoms with Crippen molar-refractivity contribution in [2.24, 2.45) is 0 Å². The fraction of sp³-hybridized carbons (Fsp3) is 0.923. The average Bonchev–Trinajstić information content (AvgIpc) is 2.39. The number of nitrogens with one attached hydrogen (secondary N) is 1. The Labute approximate surface area is 104 Å². The lowest BCUT2D eigenvalue weighted by molar-refractivity contribution is -0.146. The Morgan fingerprint density at radius 1 is 1.53 bits per heavy atom. The molecule has 2 aliphatic rings. The highest BCUT2D eigenvalue weighted by atomic mass is 16.5. The molecule has 2 rings (SSSR count). The van der Waals surface area contributed by atoms with Crippen molar-refractivity contribution in [1.29, 1.82) is 0 Å². The van der Waals surface area contributed by atoms with Crippen LogP contribution in [0.5, 0.6) is 0 Å². The number of amides is 1. The van der Waals surface area contributed by atoms with Crippen LogP contribution in [0.25, 0.3) is 0 Å². The summed E-state index contributed by atoms with van der Waals surface area (Å²) in [5, 5.41) is 3.39. The number of rotatable bonds is 2. The Morgan fingerprint density at radius 3 is 3.00 bits per heavy atom. The molecule has 98 valence electrons. The molecule has 2 unspecified atom stereocenters. The highest BCUT2D eigenvalue weighted by Gasteiger charge is 2.38. The van der Waals surface area contributed by atoms with Crippen LogP contribution in [-0.4, -0.2) is 48.7 Å². The lowest BCUT2D eigenvalue weighted by Crippen LogP contribution is -2.60. The Kier molecular flexibility index (Phi) is 4.05. The molecule has 2 fully saturated rings. The van der Waals surface area contributed by atoms with Gasteiger partial charge in [0.2, 0.25) is 5.91 Å². The zero-order valence-corrected chi connectivity index (χ0v) is 11.0. The van der Waals surface area contributed by atoms with E-state index in [4.69, 9.17) is 4.74 Å². The molecule has 0 aromatic rings. The third-order valence-electron chi connectivity index (χ3n) is 3.97.